The van der Waals surface area contributed by atoms with E-state index in [0.29, 0.717) is 11.1 Å². The number of amides is 7. The fourth-order valence-corrected chi connectivity index (χ4v) is 7.77. The summed E-state index contributed by atoms with van der Waals surface area (Å²) in [5.74, 6) is -14.2. The van der Waals surface area contributed by atoms with E-state index < -0.39 is 169 Å². The quantitative estimate of drug-likeness (QED) is 0.0245. The Bertz CT molecular complexity index is 2510. The Morgan fingerprint density at radius 3 is 1.58 bits per heavy atom. The van der Waals surface area contributed by atoms with Crippen molar-refractivity contribution in [2.24, 2.45) is 23.3 Å². The summed E-state index contributed by atoms with van der Waals surface area (Å²) in [7, 11) is 0. The van der Waals surface area contributed by atoms with Crippen molar-refractivity contribution < 1.29 is 96.2 Å². The van der Waals surface area contributed by atoms with Gasteiger partial charge in [-0.15, -0.1) is 0 Å². The van der Waals surface area contributed by atoms with Crippen LogP contribution in [0.1, 0.15) is 79.9 Å². The molecule has 1 aliphatic heterocycles. The van der Waals surface area contributed by atoms with Crippen LogP contribution in [-0.4, -0.2) is 161 Å². The van der Waals surface area contributed by atoms with Crippen molar-refractivity contribution in [3.05, 3.63) is 65.7 Å². The molecule has 0 saturated carbocycles. The number of ether oxygens (including phenoxy) is 6. The Morgan fingerprint density at radius 2 is 1.06 bits per heavy atom. The smallest absolute Gasteiger partial charge is 0.305 e. The first-order valence-electron chi connectivity index (χ1n) is 24.8. The number of aromatic hydroxyl groups is 1. The predicted octanol–water partition coefficient (Wildman–Crippen LogP) is -2.24. The molecule has 2 aromatic rings. The van der Waals surface area contributed by atoms with E-state index in [1.165, 1.54) is 46.8 Å². The van der Waals surface area contributed by atoms with Crippen LogP contribution < -0.4 is 43.4 Å². The number of hydrogen-bond donors (Lipinski definition) is 10. The number of nitrogens with one attached hydrogen (secondary N) is 6. The van der Waals surface area contributed by atoms with E-state index in [2.05, 4.69) is 31.9 Å². The maximum atomic E-state index is 14.1. The standard InChI is InChI=1S/C51H70N8O20/c1-23(2)38(48(72)58-39(24(3)4)49(73)59-50(43(53)67)79-51-42(77-29(9)63)41(76-28(8)62)40(75-27(7)61)36(78-51)22-74-26(6)60)57-47(71)35(21-37(65)66)56-46(70)34(20-30-13-11-10-12-14-30)55-44(68)25(5)54-45(69)33(52)19-31-15-17-32(64)18-16-31/h10-18,23-25,33-36,38-42,50-51,64H,19-22,52H2,1-9H3,(H2,53,67)(H,54,69)(H,55,68)(H,56,70)(H,57,71)(H,58,72)(H,59,73)(H,65,66)/t25-,33+,34+,35+,36-,38+,39+,40+,41+,42-,50+,51-/m1/s1. The van der Waals surface area contributed by atoms with Crippen molar-refractivity contribution >= 4 is 71.2 Å². The molecule has 3 rings (SSSR count). The van der Waals surface area contributed by atoms with Crippen LogP contribution in [0, 0.1) is 11.8 Å². The average molecular weight is 1120 g/mol. The number of carbonyl (C=O) groups is 12. The molecule has 0 spiro atoms. The zero-order valence-corrected chi connectivity index (χ0v) is 45.0. The third-order valence-electron chi connectivity index (χ3n) is 11.7. The minimum absolute atomic E-state index is 0.00817. The number of aliphatic carboxylic acids is 1. The van der Waals surface area contributed by atoms with Crippen LogP contribution in [0.2, 0.25) is 0 Å². The Kier molecular flexibility index (Phi) is 25.2. The van der Waals surface area contributed by atoms with Crippen LogP contribution in [0.25, 0.3) is 0 Å². The number of phenolic OH excluding ortho intramolecular Hbond substituents is 1. The minimum Gasteiger partial charge on any atom is -0.508 e. The molecule has 2 aromatic carbocycles. The van der Waals surface area contributed by atoms with Crippen LogP contribution in [-0.2, 0) is 98.8 Å². The molecule has 1 aliphatic rings. The molecule has 12 N–H and O–H groups in total. The van der Waals surface area contributed by atoms with Gasteiger partial charge in [0.15, 0.2) is 18.3 Å². The number of carboxylic acid groups (broad SMARTS) is 1. The SMILES string of the molecule is CC(=O)OC[C@H]1O[C@H](O[C@H](NC(=O)[C@@H](NC(=O)[C@@H](NC(=O)[C@H](CC(=O)O)NC(=O)[C@H](Cc2ccccc2)NC(=O)[C@@H](C)NC(=O)[C@@H](N)Cc2ccc(O)cc2)C(C)C)C(C)C)C(N)=O)[C@H](OC(C)=O)[C@@H](OC(C)=O)[C@H]1OC(C)=O. The lowest BCUT2D eigenvalue weighted by Crippen LogP contribution is -2.65. The number of primary amides is 1. The summed E-state index contributed by atoms with van der Waals surface area (Å²) >= 11 is 0. The lowest BCUT2D eigenvalue weighted by Gasteiger charge is -2.44. The molecule has 1 saturated heterocycles. The summed E-state index contributed by atoms with van der Waals surface area (Å²) in [4.78, 5) is 156. The zero-order valence-electron chi connectivity index (χ0n) is 45.0. The summed E-state index contributed by atoms with van der Waals surface area (Å²) in [6.45, 7) is 10.6. The Labute approximate surface area is 454 Å². The van der Waals surface area contributed by atoms with Gasteiger partial charge in [-0.1, -0.05) is 70.2 Å². The first-order valence-corrected chi connectivity index (χ1v) is 24.8. The predicted molar refractivity (Wildman–Crippen MR) is 271 cm³/mol. The van der Waals surface area contributed by atoms with Crippen LogP contribution in [0.4, 0.5) is 0 Å². The lowest BCUT2D eigenvalue weighted by molar-refractivity contribution is -0.315. The van der Waals surface area contributed by atoms with Gasteiger partial charge in [0, 0.05) is 34.1 Å². The Hall–Kier alpha value is -8.24. The van der Waals surface area contributed by atoms with E-state index in [1.807, 2.05) is 0 Å². The molecule has 28 heteroatoms. The molecule has 0 unspecified atom stereocenters. The van der Waals surface area contributed by atoms with Crippen molar-refractivity contribution in [2.45, 2.75) is 155 Å². The van der Waals surface area contributed by atoms with Crippen LogP contribution >= 0.6 is 0 Å². The average Bonchev–Trinajstić information content (AvgIpc) is 3.36. The van der Waals surface area contributed by atoms with E-state index in [1.54, 1.807) is 42.5 Å². The highest BCUT2D eigenvalue weighted by molar-refractivity contribution is 5.98. The number of hydrogen-bond acceptors (Lipinski definition) is 20. The molecule has 0 aliphatic carbocycles. The van der Waals surface area contributed by atoms with Gasteiger partial charge in [0.1, 0.15) is 48.7 Å². The summed E-state index contributed by atoms with van der Waals surface area (Å²) < 4.78 is 32.7. The molecule has 1 fully saturated rings. The fourth-order valence-electron chi connectivity index (χ4n) is 7.77. The van der Waals surface area contributed by atoms with Crippen molar-refractivity contribution in [1.82, 2.24) is 31.9 Å². The first kappa shape index (κ1) is 65.0. The van der Waals surface area contributed by atoms with Gasteiger partial charge < -0.3 is 82.0 Å². The molecule has 12 atom stereocenters. The number of rotatable bonds is 28. The molecule has 79 heavy (non-hydrogen) atoms. The molecule has 0 aromatic heterocycles. The molecule has 28 nitrogen and oxygen atoms in total. The van der Waals surface area contributed by atoms with Crippen LogP contribution in [0.3, 0.4) is 0 Å². The maximum Gasteiger partial charge on any atom is 0.305 e. The van der Waals surface area contributed by atoms with E-state index in [4.69, 9.17) is 39.9 Å². The zero-order chi connectivity index (χ0) is 59.4. The largest absolute Gasteiger partial charge is 0.508 e. The maximum absolute atomic E-state index is 14.1. The van der Waals surface area contributed by atoms with Gasteiger partial charge in [-0.05, 0) is 48.4 Å². The highest BCUT2D eigenvalue weighted by Crippen LogP contribution is 2.30. The van der Waals surface area contributed by atoms with Crippen LogP contribution in [0.5, 0.6) is 5.75 Å². The van der Waals surface area contributed by atoms with Gasteiger partial charge in [-0.3, -0.25) is 57.5 Å². The Morgan fingerprint density at radius 1 is 0.570 bits per heavy atom. The number of carbonyl (C=O) groups excluding carboxylic acids is 11. The fraction of sp³-hybridized carbons (Fsp3) is 0.529. The third kappa shape index (κ3) is 21.3. The Balaban J connectivity index is 1.85. The van der Waals surface area contributed by atoms with Gasteiger partial charge in [0.25, 0.3) is 5.91 Å². The van der Waals surface area contributed by atoms with Crippen molar-refractivity contribution in [3.63, 3.8) is 0 Å². The number of phenols is 1. The van der Waals surface area contributed by atoms with E-state index in [-0.39, 0.29) is 18.6 Å². The third-order valence-corrected chi connectivity index (χ3v) is 11.7. The monoisotopic (exact) mass is 1110 g/mol. The summed E-state index contributed by atoms with van der Waals surface area (Å²) in [6.07, 6.45) is -12.0. The number of benzene rings is 2. The molecular weight excluding hydrogens is 1040 g/mol. The topological polar surface area (TPSA) is 425 Å². The van der Waals surface area contributed by atoms with E-state index in [9.17, 15) is 67.7 Å². The molecular formula is C51H70N8O20. The van der Waals surface area contributed by atoms with Crippen molar-refractivity contribution in [2.75, 3.05) is 6.61 Å². The van der Waals surface area contributed by atoms with Gasteiger partial charge in [0.2, 0.25) is 48.0 Å². The summed E-state index contributed by atoms with van der Waals surface area (Å²) in [5.41, 5.74) is 12.9. The summed E-state index contributed by atoms with van der Waals surface area (Å²) in [5, 5.41) is 33.9. The van der Waals surface area contributed by atoms with Gasteiger partial charge >= 0.3 is 29.8 Å². The molecule has 1 heterocycles. The highest BCUT2D eigenvalue weighted by Gasteiger charge is 2.54. The number of nitrogens with two attached hydrogens (primary N) is 2. The van der Waals surface area contributed by atoms with Gasteiger partial charge in [-0.2, -0.15) is 0 Å². The van der Waals surface area contributed by atoms with Crippen molar-refractivity contribution in [1.29, 1.82) is 0 Å². The van der Waals surface area contributed by atoms with E-state index in [0.717, 1.165) is 27.7 Å². The minimum atomic E-state index is -2.19. The molecule has 7 amide bonds. The molecule has 0 bridgehead atoms. The normalized spacial score (nSPS) is 19.5. The second-order valence-corrected chi connectivity index (χ2v) is 19.1. The number of carboxylic acids is 1. The lowest BCUT2D eigenvalue weighted by atomic mass is 9.98. The molecule has 0 radical (unpaired) electrons. The summed E-state index contributed by atoms with van der Waals surface area (Å²) in [6, 6.07) is 5.44. The molecule has 434 valence electrons. The number of esters is 4. The van der Waals surface area contributed by atoms with Crippen LogP contribution in [0.15, 0.2) is 54.6 Å². The first-order chi connectivity index (χ1) is 37.0. The van der Waals surface area contributed by atoms with Gasteiger partial charge in [-0.25, -0.2) is 0 Å². The highest BCUT2D eigenvalue weighted by atomic mass is 16.7. The van der Waals surface area contributed by atoms with E-state index >= 15 is 0 Å². The second-order valence-electron chi connectivity index (χ2n) is 19.1. The van der Waals surface area contributed by atoms with Crippen molar-refractivity contribution in [3.8, 4) is 5.75 Å². The van der Waals surface area contributed by atoms with Gasteiger partial charge in [0.05, 0.1) is 12.5 Å². The second kappa shape index (κ2) is 30.6.